The first kappa shape index (κ1) is 11.6. The Balaban J connectivity index is 2.03. The number of hydrogen-bond acceptors (Lipinski definition) is 3. The molecular weight excluding hydrogens is 248 g/mol. The van der Waals surface area contributed by atoms with Gasteiger partial charge in [0.2, 0.25) is 5.88 Å². The third-order valence-electron chi connectivity index (χ3n) is 3.55. The van der Waals surface area contributed by atoms with Crippen molar-refractivity contribution in [1.82, 2.24) is 5.16 Å². The molecule has 4 heteroatoms. The van der Waals surface area contributed by atoms with Gasteiger partial charge in [-0.2, -0.15) is 0 Å². The van der Waals surface area contributed by atoms with Crippen LogP contribution in [0.3, 0.4) is 0 Å². The van der Waals surface area contributed by atoms with E-state index in [0.717, 1.165) is 35.9 Å². The summed E-state index contributed by atoms with van der Waals surface area (Å²) in [6.07, 6.45) is 3.29. The molecule has 0 aliphatic heterocycles. The quantitative estimate of drug-likeness (QED) is 0.894. The lowest BCUT2D eigenvalue weighted by atomic mass is 9.83. The first-order valence-corrected chi connectivity index (χ1v) is 6.59. The molecule has 1 atom stereocenters. The molecule has 1 aromatic heterocycles. The zero-order chi connectivity index (χ0) is 12.5. The van der Waals surface area contributed by atoms with Crippen LogP contribution in [0.15, 0.2) is 28.8 Å². The van der Waals surface area contributed by atoms with Crippen LogP contribution in [0.2, 0.25) is 5.02 Å². The van der Waals surface area contributed by atoms with Crippen molar-refractivity contribution in [2.24, 2.45) is 0 Å². The minimum absolute atomic E-state index is 0.304. The predicted molar refractivity (Wildman–Crippen MR) is 72.3 cm³/mol. The van der Waals surface area contributed by atoms with Gasteiger partial charge in [-0.1, -0.05) is 28.9 Å². The first-order valence-electron chi connectivity index (χ1n) is 6.21. The van der Waals surface area contributed by atoms with Crippen LogP contribution in [0.1, 0.15) is 35.6 Å². The van der Waals surface area contributed by atoms with Crippen molar-refractivity contribution in [3.8, 4) is 0 Å². The summed E-state index contributed by atoms with van der Waals surface area (Å²) in [5.74, 6) is 1.11. The van der Waals surface area contributed by atoms with Gasteiger partial charge in [0.25, 0.3) is 0 Å². The number of fused-ring (bicyclic) bond motifs is 1. The van der Waals surface area contributed by atoms with Crippen LogP contribution in [0, 0.1) is 0 Å². The Morgan fingerprint density at radius 1 is 1.44 bits per heavy atom. The third-order valence-corrected chi connectivity index (χ3v) is 3.78. The van der Waals surface area contributed by atoms with E-state index in [2.05, 4.69) is 16.5 Å². The van der Waals surface area contributed by atoms with Gasteiger partial charge in [0.05, 0.1) is 5.69 Å². The van der Waals surface area contributed by atoms with Gasteiger partial charge in [-0.3, -0.25) is 0 Å². The molecular formula is C14H15ClN2O. The van der Waals surface area contributed by atoms with E-state index in [1.807, 2.05) is 25.2 Å². The molecule has 2 aromatic rings. The van der Waals surface area contributed by atoms with E-state index in [1.54, 1.807) is 0 Å². The second-order valence-electron chi connectivity index (χ2n) is 4.63. The Labute approximate surface area is 111 Å². The molecule has 1 aliphatic carbocycles. The number of halogens is 1. The summed E-state index contributed by atoms with van der Waals surface area (Å²) in [5.41, 5.74) is 3.50. The Morgan fingerprint density at radius 2 is 2.33 bits per heavy atom. The summed E-state index contributed by atoms with van der Waals surface area (Å²) < 4.78 is 5.35. The average molecular weight is 263 g/mol. The van der Waals surface area contributed by atoms with Crippen LogP contribution in [0.4, 0.5) is 5.88 Å². The van der Waals surface area contributed by atoms with E-state index in [4.69, 9.17) is 16.1 Å². The summed E-state index contributed by atoms with van der Waals surface area (Å²) in [5, 5.41) is 8.07. The predicted octanol–water partition coefficient (Wildman–Crippen LogP) is 3.84. The summed E-state index contributed by atoms with van der Waals surface area (Å²) in [6, 6.07) is 8.02. The molecule has 1 aliphatic rings. The normalized spacial score (nSPS) is 18.4. The van der Waals surface area contributed by atoms with E-state index in [1.165, 1.54) is 11.1 Å². The number of hydrogen-bond donors (Lipinski definition) is 1. The molecule has 0 amide bonds. The van der Waals surface area contributed by atoms with Crippen molar-refractivity contribution < 1.29 is 4.52 Å². The lowest BCUT2D eigenvalue weighted by Gasteiger charge is -2.21. The molecule has 0 fully saturated rings. The Kier molecular flexibility index (Phi) is 3.00. The molecule has 0 radical (unpaired) electrons. The molecule has 3 rings (SSSR count). The van der Waals surface area contributed by atoms with Crippen LogP contribution < -0.4 is 5.32 Å². The first-order chi connectivity index (χ1) is 8.79. The van der Waals surface area contributed by atoms with E-state index in [-0.39, 0.29) is 0 Å². The molecule has 1 heterocycles. The molecule has 0 spiro atoms. The van der Waals surface area contributed by atoms with Crippen LogP contribution in [-0.2, 0) is 6.42 Å². The van der Waals surface area contributed by atoms with Crippen LogP contribution >= 0.6 is 11.6 Å². The Bertz CT molecular complexity index is 565. The van der Waals surface area contributed by atoms with Crippen LogP contribution in [0.25, 0.3) is 0 Å². The van der Waals surface area contributed by atoms with Crippen molar-refractivity contribution in [2.45, 2.75) is 25.2 Å². The van der Waals surface area contributed by atoms with Crippen molar-refractivity contribution in [1.29, 1.82) is 0 Å². The van der Waals surface area contributed by atoms with E-state index in [9.17, 15) is 0 Å². The standard InChI is InChI=1S/C14H15ClN2O/c1-16-14-12-7-3-6-11(13(12)17-18-14)9-4-2-5-10(15)8-9/h2,4-5,8,11,16H,3,6-7H2,1H3. The summed E-state index contributed by atoms with van der Waals surface area (Å²) in [4.78, 5) is 0. The van der Waals surface area contributed by atoms with Gasteiger partial charge in [-0.15, -0.1) is 0 Å². The van der Waals surface area contributed by atoms with Crippen molar-refractivity contribution in [3.05, 3.63) is 46.1 Å². The van der Waals surface area contributed by atoms with Gasteiger partial charge < -0.3 is 9.84 Å². The maximum atomic E-state index is 6.07. The minimum Gasteiger partial charge on any atom is -0.357 e. The van der Waals surface area contributed by atoms with Crippen molar-refractivity contribution in [3.63, 3.8) is 0 Å². The molecule has 18 heavy (non-hydrogen) atoms. The number of benzene rings is 1. The molecule has 3 nitrogen and oxygen atoms in total. The monoisotopic (exact) mass is 262 g/mol. The highest BCUT2D eigenvalue weighted by atomic mass is 35.5. The van der Waals surface area contributed by atoms with Gasteiger partial charge >= 0.3 is 0 Å². The third kappa shape index (κ3) is 1.89. The van der Waals surface area contributed by atoms with Crippen LogP contribution in [0.5, 0.6) is 0 Å². The highest BCUT2D eigenvalue weighted by Crippen LogP contribution is 2.39. The molecule has 0 bridgehead atoms. The molecule has 1 N–H and O–H groups in total. The van der Waals surface area contributed by atoms with Gasteiger partial charge in [0, 0.05) is 23.6 Å². The molecule has 1 aromatic carbocycles. The lowest BCUT2D eigenvalue weighted by molar-refractivity contribution is 0.420. The molecule has 94 valence electrons. The fourth-order valence-corrected chi connectivity index (χ4v) is 2.90. The second-order valence-corrected chi connectivity index (χ2v) is 5.06. The maximum absolute atomic E-state index is 6.07. The highest BCUT2D eigenvalue weighted by molar-refractivity contribution is 6.30. The summed E-state index contributed by atoms with van der Waals surface area (Å²) in [6.45, 7) is 0. The topological polar surface area (TPSA) is 38.1 Å². The zero-order valence-corrected chi connectivity index (χ0v) is 11.0. The second kappa shape index (κ2) is 4.65. The Morgan fingerprint density at radius 3 is 3.11 bits per heavy atom. The highest BCUT2D eigenvalue weighted by Gasteiger charge is 2.28. The SMILES string of the molecule is CNc1onc2c1CCCC2c1cccc(Cl)c1. The Hall–Kier alpha value is -1.48. The summed E-state index contributed by atoms with van der Waals surface area (Å²) >= 11 is 6.07. The zero-order valence-electron chi connectivity index (χ0n) is 10.2. The molecule has 0 saturated carbocycles. The van der Waals surface area contributed by atoms with E-state index >= 15 is 0 Å². The van der Waals surface area contributed by atoms with Crippen molar-refractivity contribution >= 4 is 17.5 Å². The maximum Gasteiger partial charge on any atom is 0.227 e. The number of nitrogens with one attached hydrogen (secondary N) is 1. The van der Waals surface area contributed by atoms with E-state index in [0.29, 0.717) is 5.92 Å². The van der Waals surface area contributed by atoms with E-state index < -0.39 is 0 Å². The van der Waals surface area contributed by atoms with Gasteiger partial charge in [0.1, 0.15) is 0 Å². The average Bonchev–Trinajstić information content (AvgIpc) is 2.81. The molecule has 1 unspecified atom stereocenters. The number of rotatable bonds is 2. The fraction of sp³-hybridized carbons (Fsp3) is 0.357. The lowest BCUT2D eigenvalue weighted by Crippen LogP contribution is -2.11. The molecule has 0 saturated heterocycles. The fourth-order valence-electron chi connectivity index (χ4n) is 2.70. The number of nitrogens with zero attached hydrogens (tertiary/aromatic N) is 1. The van der Waals surface area contributed by atoms with Gasteiger partial charge in [0.15, 0.2) is 0 Å². The number of aromatic nitrogens is 1. The summed E-state index contributed by atoms with van der Waals surface area (Å²) in [7, 11) is 1.86. The minimum atomic E-state index is 0.304. The number of anilines is 1. The van der Waals surface area contributed by atoms with Gasteiger partial charge in [-0.25, -0.2) is 0 Å². The smallest absolute Gasteiger partial charge is 0.227 e. The van der Waals surface area contributed by atoms with Crippen molar-refractivity contribution in [2.75, 3.05) is 12.4 Å². The van der Waals surface area contributed by atoms with Gasteiger partial charge in [-0.05, 0) is 37.0 Å². The largest absolute Gasteiger partial charge is 0.357 e. The van der Waals surface area contributed by atoms with Crippen LogP contribution in [-0.4, -0.2) is 12.2 Å².